The quantitative estimate of drug-likeness (QED) is 0.294. The van der Waals surface area contributed by atoms with Crippen LogP contribution < -0.4 is 16.0 Å². The second-order valence-corrected chi connectivity index (χ2v) is 8.69. The Kier molecular flexibility index (Phi) is 6.12. The van der Waals surface area contributed by atoms with E-state index in [1.807, 2.05) is 63.4 Å². The normalized spacial score (nSPS) is 11.0. The molecule has 0 aliphatic carbocycles. The molecule has 182 valence electrons. The van der Waals surface area contributed by atoms with Crippen molar-refractivity contribution in [2.24, 2.45) is 7.05 Å². The van der Waals surface area contributed by atoms with Crippen LogP contribution in [-0.4, -0.2) is 25.6 Å². The largest absolute Gasteiger partial charge is 0.355 e. The number of halogens is 1. The highest BCUT2D eigenvalue weighted by Crippen LogP contribution is 2.25. The fraction of sp³-hybridized carbons (Fsp3) is 0.148. The van der Waals surface area contributed by atoms with Crippen LogP contribution in [0.25, 0.3) is 16.6 Å². The number of anilines is 3. The molecule has 0 aliphatic rings. The average molecular weight is 484 g/mol. The fourth-order valence-electron chi connectivity index (χ4n) is 4.03. The monoisotopic (exact) mass is 483 g/mol. The first kappa shape index (κ1) is 23.1. The molecule has 0 unspecified atom stereocenters. The lowest BCUT2D eigenvalue weighted by Crippen LogP contribution is -2.29. The number of benzene rings is 3. The Labute approximate surface area is 207 Å². The summed E-state index contributed by atoms with van der Waals surface area (Å²) in [6, 6.07) is 19.6. The van der Waals surface area contributed by atoms with Crippen LogP contribution in [0.1, 0.15) is 16.8 Å². The molecule has 36 heavy (non-hydrogen) atoms. The Balaban J connectivity index is 1.30. The number of amides is 2. The molecule has 0 atom stereocenters. The fourth-order valence-corrected chi connectivity index (χ4v) is 4.03. The van der Waals surface area contributed by atoms with Gasteiger partial charge >= 0.3 is 6.03 Å². The summed E-state index contributed by atoms with van der Waals surface area (Å²) in [5.74, 6) is 0.157. The Morgan fingerprint density at radius 2 is 1.81 bits per heavy atom. The second kappa shape index (κ2) is 9.53. The number of aryl methyl sites for hydroxylation is 3. The van der Waals surface area contributed by atoms with Gasteiger partial charge in [-0.25, -0.2) is 13.9 Å². The van der Waals surface area contributed by atoms with Gasteiger partial charge in [0.25, 0.3) is 0 Å². The molecule has 3 N–H and O–H groups in total. The van der Waals surface area contributed by atoms with Gasteiger partial charge in [-0.1, -0.05) is 17.7 Å². The number of fused-ring (bicyclic) bond motifs is 1. The third-order valence-corrected chi connectivity index (χ3v) is 5.88. The summed E-state index contributed by atoms with van der Waals surface area (Å²) in [7, 11) is 1.89. The number of carbonyl (C=O) groups is 1. The molecular weight excluding hydrogens is 457 g/mol. The minimum atomic E-state index is -0.421. The molecule has 0 aliphatic heterocycles. The van der Waals surface area contributed by atoms with Crippen molar-refractivity contribution in [3.63, 3.8) is 0 Å². The summed E-state index contributed by atoms with van der Waals surface area (Å²) in [5, 5.41) is 18.7. The van der Waals surface area contributed by atoms with E-state index in [4.69, 9.17) is 0 Å². The average Bonchev–Trinajstić information content (AvgIpc) is 3.41. The van der Waals surface area contributed by atoms with Crippen LogP contribution in [0, 0.1) is 19.7 Å². The molecule has 9 heteroatoms. The minimum Gasteiger partial charge on any atom is -0.355 e. The van der Waals surface area contributed by atoms with Gasteiger partial charge in [0, 0.05) is 36.4 Å². The Hall–Kier alpha value is -4.66. The summed E-state index contributed by atoms with van der Waals surface area (Å²) < 4.78 is 17.5. The van der Waals surface area contributed by atoms with Crippen molar-refractivity contribution in [1.29, 1.82) is 0 Å². The topological polar surface area (TPSA) is 88.8 Å². The van der Waals surface area contributed by atoms with E-state index in [1.165, 1.54) is 12.1 Å². The number of hydrogen-bond donors (Lipinski definition) is 3. The Bertz CT molecular complexity index is 1550. The van der Waals surface area contributed by atoms with Gasteiger partial charge in [0.1, 0.15) is 11.6 Å². The van der Waals surface area contributed by atoms with Gasteiger partial charge in [-0.15, -0.1) is 0 Å². The third kappa shape index (κ3) is 4.90. The molecule has 0 spiro atoms. The van der Waals surface area contributed by atoms with Crippen molar-refractivity contribution < 1.29 is 9.18 Å². The van der Waals surface area contributed by atoms with E-state index in [9.17, 15) is 9.18 Å². The van der Waals surface area contributed by atoms with Gasteiger partial charge < -0.3 is 10.6 Å². The SMILES string of the molecule is Cc1ccc(-n2nc(C)cc2NC(=O)NCc2cc(F)ccc2Nc2ccc3c(cnn3C)c2)cc1. The number of urea groups is 1. The van der Waals surface area contributed by atoms with Crippen molar-refractivity contribution in [3.8, 4) is 5.69 Å². The highest BCUT2D eigenvalue weighted by Gasteiger charge is 2.12. The Morgan fingerprint density at radius 1 is 1.00 bits per heavy atom. The number of carbonyl (C=O) groups excluding carboxylic acids is 1. The van der Waals surface area contributed by atoms with Gasteiger partial charge in [0.05, 0.1) is 23.1 Å². The molecule has 3 aromatic carbocycles. The van der Waals surface area contributed by atoms with Crippen molar-refractivity contribution in [2.75, 3.05) is 10.6 Å². The van der Waals surface area contributed by atoms with E-state index in [1.54, 1.807) is 27.7 Å². The standard InChI is InChI=1S/C27H26FN7O/c1-17-4-8-23(9-5-17)35-26(12-18(2)33-35)32-27(36)29-15-19-13-21(28)6-10-24(19)31-22-7-11-25-20(14-22)16-30-34(25)3/h4-14,16,31H,15H2,1-3H3,(H2,29,32,36). The molecular formula is C27H26FN7O. The predicted octanol–water partition coefficient (Wildman–Crippen LogP) is 5.58. The van der Waals surface area contributed by atoms with E-state index >= 15 is 0 Å². The Morgan fingerprint density at radius 3 is 2.61 bits per heavy atom. The van der Waals surface area contributed by atoms with E-state index in [0.29, 0.717) is 17.1 Å². The number of rotatable bonds is 6. The molecule has 2 heterocycles. The van der Waals surface area contributed by atoms with Gasteiger partial charge in [0.2, 0.25) is 0 Å². The maximum atomic E-state index is 14.1. The summed E-state index contributed by atoms with van der Waals surface area (Å²) in [5.41, 5.74) is 5.90. The third-order valence-electron chi connectivity index (χ3n) is 5.88. The smallest absolute Gasteiger partial charge is 0.320 e. The van der Waals surface area contributed by atoms with E-state index in [0.717, 1.165) is 33.5 Å². The van der Waals surface area contributed by atoms with Gasteiger partial charge in [-0.2, -0.15) is 10.2 Å². The molecule has 5 rings (SSSR count). The molecule has 5 aromatic rings. The van der Waals surface area contributed by atoms with E-state index < -0.39 is 6.03 Å². The number of hydrogen-bond acceptors (Lipinski definition) is 4. The maximum Gasteiger partial charge on any atom is 0.320 e. The van der Waals surface area contributed by atoms with Crippen LogP contribution in [0.15, 0.2) is 72.9 Å². The summed E-state index contributed by atoms with van der Waals surface area (Å²) in [6.07, 6.45) is 1.79. The molecule has 8 nitrogen and oxygen atoms in total. The molecule has 0 fully saturated rings. The van der Waals surface area contributed by atoms with E-state index in [2.05, 4.69) is 26.1 Å². The van der Waals surface area contributed by atoms with Gasteiger partial charge in [-0.3, -0.25) is 10.00 Å². The first-order valence-corrected chi connectivity index (χ1v) is 11.5. The second-order valence-electron chi connectivity index (χ2n) is 8.69. The number of nitrogens with one attached hydrogen (secondary N) is 3. The minimum absolute atomic E-state index is 0.124. The van der Waals surface area contributed by atoms with Crippen molar-refractivity contribution >= 4 is 34.1 Å². The van der Waals surface area contributed by atoms with Crippen molar-refractivity contribution in [3.05, 3.63) is 95.6 Å². The zero-order valence-electron chi connectivity index (χ0n) is 20.2. The van der Waals surface area contributed by atoms with Gasteiger partial charge in [-0.05, 0) is 67.9 Å². The van der Waals surface area contributed by atoms with Crippen LogP contribution in [0.4, 0.5) is 26.4 Å². The molecule has 0 saturated heterocycles. The molecule has 2 amide bonds. The molecule has 0 radical (unpaired) electrons. The highest BCUT2D eigenvalue weighted by atomic mass is 19.1. The van der Waals surface area contributed by atoms with Crippen LogP contribution >= 0.6 is 0 Å². The number of nitrogens with zero attached hydrogens (tertiary/aromatic N) is 4. The maximum absolute atomic E-state index is 14.1. The van der Waals surface area contributed by atoms with E-state index in [-0.39, 0.29) is 12.4 Å². The van der Waals surface area contributed by atoms with Gasteiger partial charge in [0.15, 0.2) is 0 Å². The van der Waals surface area contributed by atoms with Crippen LogP contribution in [0.5, 0.6) is 0 Å². The molecule has 0 saturated carbocycles. The lowest BCUT2D eigenvalue weighted by Gasteiger charge is -2.14. The summed E-state index contributed by atoms with van der Waals surface area (Å²) in [4.78, 5) is 12.7. The lowest BCUT2D eigenvalue weighted by molar-refractivity contribution is 0.251. The predicted molar refractivity (Wildman–Crippen MR) is 139 cm³/mol. The zero-order chi connectivity index (χ0) is 25.2. The van der Waals surface area contributed by atoms with Crippen LogP contribution in [0.2, 0.25) is 0 Å². The van der Waals surface area contributed by atoms with Crippen LogP contribution in [-0.2, 0) is 13.6 Å². The zero-order valence-corrected chi connectivity index (χ0v) is 20.2. The number of aromatic nitrogens is 4. The first-order valence-electron chi connectivity index (χ1n) is 11.5. The summed E-state index contributed by atoms with van der Waals surface area (Å²) in [6.45, 7) is 4.00. The highest BCUT2D eigenvalue weighted by molar-refractivity contribution is 5.89. The lowest BCUT2D eigenvalue weighted by atomic mass is 10.1. The first-order chi connectivity index (χ1) is 17.4. The summed E-state index contributed by atoms with van der Waals surface area (Å²) >= 11 is 0. The van der Waals surface area contributed by atoms with Crippen molar-refractivity contribution in [2.45, 2.75) is 20.4 Å². The molecule has 2 aromatic heterocycles. The molecule has 0 bridgehead atoms. The van der Waals surface area contributed by atoms with Crippen molar-refractivity contribution in [1.82, 2.24) is 24.9 Å². The van der Waals surface area contributed by atoms with Crippen LogP contribution in [0.3, 0.4) is 0 Å².